The Hall–Kier alpha value is -3.07. The Labute approximate surface area is 128 Å². The molecule has 22 heavy (non-hydrogen) atoms. The van der Waals surface area contributed by atoms with E-state index in [1.54, 1.807) is 7.11 Å². The Kier molecular flexibility index (Phi) is 4.94. The van der Waals surface area contributed by atoms with E-state index in [1.165, 1.54) is 20.3 Å². The van der Waals surface area contributed by atoms with E-state index in [0.717, 1.165) is 0 Å². The zero-order chi connectivity index (χ0) is 15.9. The second kappa shape index (κ2) is 7.09. The summed E-state index contributed by atoms with van der Waals surface area (Å²) in [5, 5.41) is 7.71. The zero-order valence-corrected chi connectivity index (χ0v) is 12.4. The zero-order valence-electron chi connectivity index (χ0n) is 12.4. The molecular weight excluding hydrogens is 284 g/mol. The van der Waals surface area contributed by atoms with Crippen LogP contribution >= 0.6 is 0 Å². The summed E-state index contributed by atoms with van der Waals surface area (Å²) in [6.45, 7) is 0. The largest absolute Gasteiger partial charge is 0.495 e. The Morgan fingerprint density at radius 2 is 1.82 bits per heavy atom. The highest BCUT2D eigenvalue weighted by atomic mass is 16.5. The van der Waals surface area contributed by atoms with Crippen molar-refractivity contribution in [3.05, 3.63) is 47.2 Å². The number of para-hydroxylation sites is 1. The number of nitrogens with zero attached hydrogens (tertiary/aromatic N) is 2. The first-order valence-electron chi connectivity index (χ1n) is 6.34. The highest BCUT2D eigenvalue weighted by Crippen LogP contribution is 2.17. The molecule has 0 atom stereocenters. The van der Waals surface area contributed by atoms with Crippen LogP contribution in [0.5, 0.6) is 11.6 Å². The van der Waals surface area contributed by atoms with E-state index in [0.29, 0.717) is 17.0 Å². The molecule has 1 aromatic heterocycles. The monoisotopic (exact) mass is 298 g/mol. The van der Waals surface area contributed by atoms with Gasteiger partial charge in [-0.05, 0) is 24.1 Å². The summed E-state index contributed by atoms with van der Waals surface area (Å²) in [5.41, 5.74) is 1.21. The number of carbonyl (C=O) groups excluding carboxylic acids is 1. The highest BCUT2D eigenvalue weighted by molar-refractivity contribution is 5.91. The number of benzene rings is 1. The van der Waals surface area contributed by atoms with E-state index >= 15 is 0 Å². The van der Waals surface area contributed by atoms with Gasteiger partial charge < -0.3 is 14.2 Å². The molecule has 0 unspecified atom stereocenters. The lowest BCUT2D eigenvalue weighted by Gasteiger charge is -2.04. The van der Waals surface area contributed by atoms with Gasteiger partial charge in [0.05, 0.1) is 26.9 Å². The summed E-state index contributed by atoms with van der Waals surface area (Å²) in [7, 11) is 4.25. The second-order valence-corrected chi connectivity index (χ2v) is 4.09. The van der Waals surface area contributed by atoms with Crippen LogP contribution in [0.25, 0.3) is 0 Å². The van der Waals surface area contributed by atoms with Gasteiger partial charge in [0.25, 0.3) is 0 Å². The average Bonchev–Trinajstić information content (AvgIpc) is 2.59. The van der Waals surface area contributed by atoms with Crippen molar-refractivity contribution in [3.8, 4) is 23.5 Å². The molecule has 0 amide bonds. The first kappa shape index (κ1) is 15.3. The van der Waals surface area contributed by atoms with Crippen LogP contribution in [0.2, 0.25) is 0 Å². The van der Waals surface area contributed by atoms with Gasteiger partial charge in [-0.2, -0.15) is 0 Å². The third-order valence-corrected chi connectivity index (χ3v) is 2.79. The fourth-order valence-corrected chi connectivity index (χ4v) is 1.73. The van der Waals surface area contributed by atoms with Crippen LogP contribution < -0.4 is 9.47 Å². The minimum Gasteiger partial charge on any atom is -0.495 e. The number of rotatable bonds is 3. The van der Waals surface area contributed by atoms with E-state index < -0.39 is 5.97 Å². The highest BCUT2D eigenvalue weighted by Gasteiger charge is 2.15. The van der Waals surface area contributed by atoms with Gasteiger partial charge >= 0.3 is 5.97 Å². The predicted octanol–water partition coefficient (Wildman–Crippen LogP) is 1.68. The molecule has 0 aliphatic rings. The third kappa shape index (κ3) is 3.33. The quantitative estimate of drug-likeness (QED) is 0.634. The van der Waals surface area contributed by atoms with Crippen molar-refractivity contribution in [2.45, 2.75) is 0 Å². The maximum Gasteiger partial charge on any atom is 0.343 e. The van der Waals surface area contributed by atoms with Crippen molar-refractivity contribution in [1.82, 2.24) is 10.2 Å². The molecule has 0 aliphatic carbocycles. The van der Waals surface area contributed by atoms with Gasteiger partial charge in [0.1, 0.15) is 17.0 Å². The molecule has 0 bridgehead atoms. The van der Waals surface area contributed by atoms with Gasteiger partial charge in [-0.3, -0.25) is 0 Å². The maximum absolute atomic E-state index is 11.7. The van der Waals surface area contributed by atoms with Crippen LogP contribution in [0.15, 0.2) is 30.3 Å². The molecule has 6 nitrogen and oxygen atoms in total. The minimum atomic E-state index is -0.563. The Bertz CT molecular complexity index is 747. The van der Waals surface area contributed by atoms with Gasteiger partial charge in [0, 0.05) is 0 Å². The van der Waals surface area contributed by atoms with Gasteiger partial charge in [-0.15, -0.1) is 10.2 Å². The topological polar surface area (TPSA) is 70.5 Å². The van der Waals surface area contributed by atoms with Crippen molar-refractivity contribution in [3.63, 3.8) is 0 Å². The van der Waals surface area contributed by atoms with Gasteiger partial charge in [0.2, 0.25) is 5.88 Å². The SMILES string of the molecule is COC(=O)c1cc(C#Cc2ccccc2OC)nnc1OC. The molecule has 0 saturated carbocycles. The number of hydrogen-bond acceptors (Lipinski definition) is 6. The molecule has 1 heterocycles. The molecule has 2 aromatic rings. The summed E-state index contributed by atoms with van der Waals surface area (Å²) in [4.78, 5) is 11.7. The standard InChI is InChI=1S/C16H14N2O4/c1-20-14-7-5-4-6-11(14)8-9-12-10-13(16(19)22-3)15(21-2)18-17-12/h4-7,10H,1-3H3. The van der Waals surface area contributed by atoms with E-state index in [-0.39, 0.29) is 11.4 Å². The summed E-state index contributed by atoms with van der Waals surface area (Å²) in [6, 6.07) is 8.81. The lowest BCUT2D eigenvalue weighted by molar-refractivity contribution is 0.0595. The third-order valence-electron chi connectivity index (χ3n) is 2.79. The molecule has 1 aromatic carbocycles. The molecule has 6 heteroatoms. The van der Waals surface area contributed by atoms with Gasteiger partial charge in [-0.1, -0.05) is 18.1 Å². The molecule has 0 radical (unpaired) electrons. The minimum absolute atomic E-state index is 0.0923. The fourth-order valence-electron chi connectivity index (χ4n) is 1.73. The average molecular weight is 298 g/mol. The Morgan fingerprint density at radius 3 is 2.50 bits per heavy atom. The number of carbonyl (C=O) groups is 1. The van der Waals surface area contributed by atoms with Crippen LogP contribution in [0.1, 0.15) is 21.6 Å². The molecule has 112 valence electrons. The van der Waals surface area contributed by atoms with E-state index in [4.69, 9.17) is 9.47 Å². The Morgan fingerprint density at radius 1 is 1.05 bits per heavy atom. The van der Waals surface area contributed by atoms with Crippen molar-refractivity contribution >= 4 is 5.97 Å². The van der Waals surface area contributed by atoms with Crippen molar-refractivity contribution in [2.24, 2.45) is 0 Å². The van der Waals surface area contributed by atoms with Crippen LogP contribution in [0.3, 0.4) is 0 Å². The van der Waals surface area contributed by atoms with Crippen molar-refractivity contribution in [2.75, 3.05) is 21.3 Å². The molecule has 0 aliphatic heterocycles. The summed E-state index contributed by atoms with van der Waals surface area (Å²) in [6.07, 6.45) is 0. The molecule has 2 rings (SSSR count). The molecule has 0 saturated heterocycles. The van der Waals surface area contributed by atoms with Crippen molar-refractivity contribution < 1.29 is 19.0 Å². The molecule has 0 spiro atoms. The fraction of sp³-hybridized carbons (Fsp3) is 0.188. The van der Waals surface area contributed by atoms with Crippen LogP contribution in [0.4, 0.5) is 0 Å². The number of aromatic nitrogens is 2. The van der Waals surface area contributed by atoms with Crippen LogP contribution in [0, 0.1) is 11.8 Å². The van der Waals surface area contributed by atoms with E-state index in [9.17, 15) is 4.79 Å². The smallest absolute Gasteiger partial charge is 0.343 e. The number of ether oxygens (including phenoxy) is 3. The molecular formula is C16H14N2O4. The molecule has 0 N–H and O–H groups in total. The van der Waals surface area contributed by atoms with Crippen LogP contribution in [-0.4, -0.2) is 37.5 Å². The Balaban J connectivity index is 2.39. The lowest BCUT2D eigenvalue weighted by atomic mass is 10.2. The predicted molar refractivity (Wildman–Crippen MR) is 78.9 cm³/mol. The van der Waals surface area contributed by atoms with Gasteiger partial charge in [0.15, 0.2) is 0 Å². The van der Waals surface area contributed by atoms with E-state index in [1.807, 2.05) is 24.3 Å². The van der Waals surface area contributed by atoms with Crippen molar-refractivity contribution in [1.29, 1.82) is 0 Å². The van der Waals surface area contributed by atoms with Crippen LogP contribution in [-0.2, 0) is 4.74 Å². The first-order valence-corrected chi connectivity index (χ1v) is 6.34. The second-order valence-electron chi connectivity index (χ2n) is 4.09. The summed E-state index contributed by atoms with van der Waals surface area (Å²) >= 11 is 0. The molecule has 0 fully saturated rings. The summed E-state index contributed by atoms with van der Waals surface area (Å²) in [5.74, 6) is 5.96. The lowest BCUT2D eigenvalue weighted by Crippen LogP contribution is -2.07. The maximum atomic E-state index is 11.7. The number of methoxy groups -OCH3 is 3. The number of esters is 1. The number of hydrogen-bond donors (Lipinski definition) is 0. The normalized spacial score (nSPS) is 9.41. The van der Waals surface area contributed by atoms with Gasteiger partial charge in [-0.25, -0.2) is 4.79 Å². The summed E-state index contributed by atoms with van der Waals surface area (Å²) < 4.78 is 14.9. The van der Waals surface area contributed by atoms with E-state index in [2.05, 4.69) is 26.8 Å². The first-order chi connectivity index (χ1) is 10.7.